The number of esters is 1. The number of hydrogen-bond acceptors (Lipinski definition) is 5. The van der Waals surface area contributed by atoms with Crippen LogP contribution in [0, 0.1) is 0 Å². The van der Waals surface area contributed by atoms with Crippen LogP contribution in [0.3, 0.4) is 0 Å². The molecule has 0 heterocycles. The van der Waals surface area contributed by atoms with E-state index >= 15 is 0 Å². The normalized spacial score (nSPS) is 9.76. The number of aliphatic hydroxyl groups is 1. The van der Waals surface area contributed by atoms with Gasteiger partial charge in [0.2, 0.25) is 0 Å². The topological polar surface area (TPSA) is 65.0 Å². The lowest BCUT2D eigenvalue weighted by Crippen LogP contribution is -2.15. The minimum absolute atomic E-state index is 0.00656. The second kappa shape index (κ2) is 7.51. The first kappa shape index (κ1) is 13.3. The van der Waals surface area contributed by atoms with E-state index in [1.807, 2.05) is 0 Å². The Morgan fingerprint density at radius 1 is 1.24 bits per heavy atom. The van der Waals surface area contributed by atoms with Gasteiger partial charge in [-0.25, -0.2) is 4.79 Å². The molecule has 5 heteroatoms. The van der Waals surface area contributed by atoms with E-state index in [-0.39, 0.29) is 19.8 Å². The van der Waals surface area contributed by atoms with Crippen LogP contribution in [0.15, 0.2) is 24.3 Å². The molecule has 0 bridgehead atoms. The average Bonchev–Trinajstić information content (AvgIpc) is 2.37. The smallest absolute Gasteiger partial charge is 0.344 e. The molecule has 5 nitrogen and oxygen atoms in total. The van der Waals surface area contributed by atoms with E-state index in [2.05, 4.69) is 0 Å². The van der Waals surface area contributed by atoms with Gasteiger partial charge < -0.3 is 19.3 Å². The first-order valence-corrected chi connectivity index (χ1v) is 5.29. The number of hydrogen-bond donors (Lipinski definition) is 1. The maximum absolute atomic E-state index is 11.2. The monoisotopic (exact) mass is 240 g/mol. The molecule has 0 saturated carbocycles. The number of carbonyl (C=O) groups is 1. The van der Waals surface area contributed by atoms with E-state index in [4.69, 9.17) is 19.3 Å². The molecule has 0 atom stereocenters. The van der Waals surface area contributed by atoms with Crippen molar-refractivity contribution in [3.05, 3.63) is 24.3 Å². The Kier molecular flexibility index (Phi) is 5.88. The third-order valence-electron chi connectivity index (χ3n) is 1.98. The number of benzene rings is 1. The fourth-order valence-electron chi connectivity index (χ4n) is 1.11. The van der Waals surface area contributed by atoms with Crippen LogP contribution in [-0.2, 0) is 9.53 Å². The van der Waals surface area contributed by atoms with Crippen LogP contribution in [0.25, 0.3) is 0 Å². The molecular weight excluding hydrogens is 224 g/mol. The van der Waals surface area contributed by atoms with Crippen LogP contribution in [0.4, 0.5) is 0 Å². The zero-order valence-electron chi connectivity index (χ0n) is 9.72. The first-order valence-electron chi connectivity index (χ1n) is 5.29. The predicted molar refractivity (Wildman–Crippen MR) is 61.2 cm³/mol. The van der Waals surface area contributed by atoms with Gasteiger partial charge in [-0.15, -0.1) is 0 Å². The average molecular weight is 240 g/mol. The van der Waals surface area contributed by atoms with Crippen molar-refractivity contribution < 1.29 is 24.1 Å². The molecule has 0 aliphatic heterocycles. The van der Waals surface area contributed by atoms with Crippen molar-refractivity contribution in [1.82, 2.24) is 0 Å². The molecule has 1 N–H and O–H groups in total. The molecule has 1 rings (SSSR count). The lowest BCUT2D eigenvalue weighted by Gasteiger charge is -2.07. The molecule has 94 valence electrons. The maximum Gasteiger partial charge on any atom is 0.344 e. The summed E-state index contributed by atoms with van der Waals surface area (Å²) in [7, 11) is 1.58. The molecule has 17 heavy (non-hydrogen) atoms. The minimum atomic E-state index is -0.450. The summed E-state index contributed by atoms with van der Waals surface area (Å²) in [6.45, 7) is 0.0751. The van der Waals surface area contributed by atoms with Crippen molar-refractivity contribution in [2.75, 3.05) is 26.9 Å². The van der Waals surface area contributed by atoms with Gasteiger partial charge in [-0.3, -0.25) is 0 Å². The van der Waals surface area contributed by atoms with Gasteiger partial charge in [-0.2, -0.15) is 0 Å². The molecule has 0 unspecified atom stereocenters. The largest absolute Gasteiger partial charge is 0.497 e. The fraction of sp³-hybridized carbons (Fsp3) is 0.417. The highest BCUT2D eigenvalue weighted by Crippen LogP contribution is 2.16. The van der Waals surface area contributed by atoms with Crippen molar-refractivity contribution in [2.45, 2.75) is 6.42 Å². The summed E-state index contributed by atoms with van der Waals surface area (Å²) in [5, 5.41) is 8.50. The summed E-state index contributed by atoms with van der Waals surface area (Å²) in [6, 6.07) is 6.90. The molecule has 0 saturated heterocycles. The molecular formula is C12H16O5. The summed E-state index contributed by atoms with van der Waals surface area (Å²) < 4.78 is 15.0. The van der Waals surface area contributed by atoms with E-state index in [9.17, 15) is 4.79 Å². The fourth-order valence-corrected chi connectivity index (χ4v) is 1.11. The first-order chi connectivity index (χ1) is 8.26. The van der Waals surface area contributed by atoms with Crippen molar-refractivity contribution in [3.63, 3.8) is 0 Å². The standard InChI is InChI=1S/C12H16O5/c1-15-10-3-5-11(6-4-10)17-9-12(14)16-8-2-7-13/h3-6,13H,2,7-9H2,1H3. The highest BCUT2D eigenvalue weighted by Gasteiger charge is 2.03. The summed E-state index contributed by atoms with van der Waals surface area (Å²) >= 11 is 0. The number of aliphatic hydroxyl groups excluding tert-OH is 1. The predicted octanol–water partition coefficient (Wildman–Crippen LogP) is 1.000. The number of methoxy groups -OCH3 is 1. The molecule has 0 aromatic heterocycles. The summed E-state index contributed by atoms with van der Waals surface area (Å²) in [5.41, 5.74) is 0. The lowest BCUT2D eigenvalue weighted by atomic mass is 10.3. The van der Waals surface area contributed by atoms with Gasteiger partial charge in [-0.05, 0) is 24.3 Å². The van der Waals surface area contributed by atoms with Gasteiger partial charge in [0.1, 0.15) is 11.5 Å². The Hall–Kier alpha value is -1.75. The Bertz CT molecular complexity index is 333. The number of rotatable bonds is 7. The third-order valence-corrected chi connectivity index (χ3v) is 1.98. The van der Waals surface area contributed by atoms with Gasteiger partial charge in [0.05, 0.1) is 13.7 Å². The van der Waals surface area contributed by atoms with Gasteiger partial charge in [-0.1, -0.05) is 0 Å². The van der Waals surface area contributed by atoms with E-state index in [1.165, 1.54) is 0 Å². The second-order valence-electron chi connectivity index (χ2n) is 3.26. The Balaban J connectivity index is 2.27. The SMILES string of the molecule is COc1ccc(OCC(=O)OCCCO)cc1. The molecule has 0 fully saturated rings. The summed E-state index contributed by atoms with van der Waals surface area (Å²) in [4.78, 5) is 11.2. The molecule has 0 radical (unpaired) electrons. The van der Waals surface area contributed by atoms with Gasteiger partial charge in [0.15, 0.2) is 6.61 Å². The second-order valence-corrected chi connectivity index (χ2v) is 3.26. The van der Waals surface area contributed by atoms with E-state index in [0.29, 0.717) is 12.2 Å². The zero-order chi connectivity index (χ0) is 12.5. The van der Waals surface area contributed by atoms with Crippen LogP contribution in [0.1, 0.15) is 6.42 Å². The van der Waals surface area contributed by atoms with Crippen molar-refractivity contribution in [3.8, 4) is 11.5 Å². The van der Waals surface area contributed by atoms with Crippen LogP contribution in [0.2, 0.25) is 0 Å². The lowest BCUT2D eigenvalue weighted by molar-refractivity contribution is -0.146. The molecule has 0 spiro atoms. The van der Waals surface area contributed by atoms with Gasteiger partial charge in [0.25, 0.3) is 0 Å². The Morgan fingerprint density at radius 3 is 2.47 bits per heavy atom. The zero-order valence-corrected chi connectivity index (χ0v) is 9.72. The third kappa shape index (κ3) is 5.21. The van der Waals surface area contributed by atoms with Crippen LogP contribution >= 0.6 is 0 Å². The highest BCUT2D eigenvalue weighted by atomic mass is 16.6. The van der Waals surface area contributed by atoms with Crippen LogP contribution in [-0.4, -0.2) is 38.0 Å². The van der Waals surface area contributed by atoms with Crippen molar-refractivity contribution >= 4 is 5.97 Å². The van der Waals surface area contributed by atoms with Crippen LogP contribution in [0.5, 0.6) is 11.5 Å². The molecule has 1 aromatic rings. The van der Waals surface area contributed by atoms with Gasteiger partial charge >= 0.3 is 5.97 Å². The maximum atomic E-state index is 11.2. The van der Waals surface area contributed by atoms with Gasteiger partial charge in [0, 0.05) is 13.0 Å². The van der Waals surface area contributed by atoms with Crippen molar-refractivity contribution in [1.29, 1.82) is 0 Å². The number of ether oxygens (including phenoxy) is 3. The molecule has 0 aliphatic rings. The quantitative estimate of drug-likeness (QED) is 0.569. The Labute approximate surface area is 99.9 Å². The molecule has 1 aromatic carbocycles. The van der Waals surface area contributed by atoms with E-state index in [0.717, 1.165) is 5.75 Å². The summed E-state index contributed by atoms with van der Waals surface area (Å²) in [5.74, 6) is 0.849. The summed E-state index contributed by atoms with van der Waals surface area (Å²) in [6.07, 6.45) is 0.439. The Morgan fingerprint density at radius 2 is 1.88 bits per heavy atom. The van der Waals surface area contributed by atoms with Crippen LogP contribution < -0.4 is 9.47 Å². The highest BCUT2D eigenvalue weighted by molar-refractivity contribution is 5.71. The molecule has 0 aliphatic carbocycles. The van der Waals surface area contributed by atoms with Crippen molar-refractivity contribution in [2.24, 2.45) is 0 Å². The number of carbonyl (C=O) groups excluding carboxylic acids is 1. The minimum Gasteiger partial charge on any atom is -0.497 e. The van der Waals surface area contributed by atoms with E-state index < -0.39 is 5.97 Å². The molecule has 0 amide bonds. The van der Waals surface area contributed by atoms with E-state index in [1.54, 1.807) is 31.4 Å².